The number of halogens is 1. The highest BCUT2D eigenvalue weighted by Gasteiger charge is 2.34. The first-order valence-corrected chi connectivity index (χ1v) is 10.7. The van der Waals surface area contributed by atoms with Crippen LogP contribution in [0.3, 0.4) is 0 Å². The lowest BCUT2D eigenvalue weighted by molar-refractivity contribution is -0.116. The zero-order valence-corrected chi connectivity index (χ0v) is 17.7. The number of hydrogen-bond donors (Lipinski definition) is 1. The molecule has 0 fully saturated rings. The third-order valence-corrected chi connectivity index (χ3v) is 5.89. The van der Waals surface area contributed by atoms with E-state index in [9.17, 15) is 18.8 Å². The molecule has 158 valence electrons. The van der Waals surface area contributed by atoms with Gasteiger partial charge in [-0.15, -0.1) is 11.3 Å². The highest BCUT2D eigenvalue weighted by atomic mass is 32.1. The minimum Gasteiger partial charge on any atom is -0.302 e. The van der Waals surface area contributed by atoms with Gasteiger partial charge in [-0.25, -0.2) is 9.37 Å². The van der Waals surface area contributed by atoms with Crippen molar-refractivity contribution in [3.63, 3.8) is 0 Å². The molecule has 0 bridgehead atoms. The quantitative estimate of drug-likeness (QED) is 0.562. The van der Waals surface area contributed by atoms with Crippen molar-refractivity contribution in [3.05, 3.63) is 81.6 Å². The van der Waals surface area contributed by atoms with E-state index in [1.165, 1.54) is 28.4 Å². The molecule has 1 N–H and O–H groups in total. The van der Waals surface area contributed by atoms with Crippen LogP contribution in [0.1, 0.15) is 49.6 Å². The number of aromatic nitrogens is 1. The van der Waals surface area contributed by atoms with Crippen molar-refractivity contribution in [1.29, 1.82) is 0 Å². The van der Waals surface area contributed by atoms with Crippen LogP contribution < -0.4 is 5.32 Å². The summed E-state index contributed by atoms with van der Waals surface area (Å²) in [6.45, 7) is 2.05. The number of imide groups is 1. The van der Waals surface area contributed by atoms with E-state index in [1.54, 1.807) is 30.5 Å². The molecule has 4 rings (SSSR count). The van der Waals surface area contributed by atoms with Crippen LogP contribution in [0.2, 0.25) is 0 Å². The number of hydrogen-bond acceptors (Lipinski definition) is 5. The maximum absolute atomic E-state index is 13.3. The molecule has 1 aromatic heterocycles. The Balaban J connectivity index is 1.27. The fourth-order valence-electron chi connectivity index (χ4n) is 3.48. The van der Waals surface area contributed by atoms with Gasteiger partial charge >= 0.3 is 0 Å². The van der Waals surface area contributed by atoms with E-state index in [1.807, 2.05) is 13.0 Å². The number of anilines is 1. The van der Waals surface area contributed by atoms with Gasteiger partial charge in [0.15, 0.2) is 5.13 Å². The van der Waals surface area contributed by atoms with Gasteiger partial charge in [0.1, 0.15) is 5.82 Å². The minimum absolute atomic E-state index is 0.158. The number of thiazole rings is 1. The lowest BCUT2D eigenvalue weighted by Crippen LogP contribution is -2.31. The molecule has 8 heteroatoms. The molecule has 3 aromatic rings. The van der Waals surface area contributed by atoms with Crippen LogP contribution in [0.15, 0.2) is 48.7 Å². The first kappa shape index (κ1) is 20.9. The molecule has 0 atom stereocenters. The minimum atomic E-state index is -0.317. The number of rotatable bonds is 7. The van der Waals surface area contributed by atoms with Gasteiger partial charge in [-0.05, 0) is 43.2 Å². The van der Waals surface area contributed by atoms with Gasteiger partial charge in [0, 0.05) is 30.5 Å². The van der Waals surface area contributed by atoms with E-state index in [0.29, 0.717) is 29.1 Å². The number of aryl methyl sites for hydroxylation is 1. The Morgan fingerprint density at radius 1 is 1.13 bits per heavy atom. The zero-order chi connectivity index (χ0) is 22.0. The Morgan fingerprint density at radius 2 is 1.94 bits per heavy atom. The molecular formula is C23H20FN3O3S. The fourth-order valence-corrected chi connectivity index (χ4v) is 4.35. The van der Waals surface area contributed by atoms with Crippen molar-refractivity contribution in [2.75, 3.05) is 11.9 Å². The van der Waals surface area contributed by atoms with Crippen LogP contribution in [-0.2, 0) is 11.2 Å². The summed E-state index contributed by atoms with van der Waals surface area (Å²) in [5, 5.41) is 3.20. The van der Waals surface area contributed by atoms with Crippen molar-refractivity contribution in [3.8, 4) is 0 Å². The van der Waals surface area contributed by atoms with Crippen LogP contribution in [0.4, 0.5) is 9.52 Å². The number of carbonyl (C=O) groups is 3. The van der Waals surface area contributed by atoms with Crippen molar-refractivity contribution in [1.82, 2.24) is 9.88 Å². The topological polar surface area (TPSA) is 79.4 Å². The molecule has 3 amide bonds. The van der Waals surface area contributed by atoms with Crippen molar-refractivity contribution in [2.45, 2.75) is 26.2 Å². The molecule has 2 heterocycles. The molecule has 0 saturated carbocycles. The Kier molecular flexibility index (Phi) is 5.90. The maximum Gasteiger partial charge on any atom is 0.261 e. The SMILES string of the molecule is Cc1ccc2c(c1)C(=O)N(CCCC(=O)Nc1ncc(Cc3cccc(F)c3)s1)C2=O. The Bertz CT molecular complexity index is 1170. The van der Waals surface area contributed by atoms with Crippen LogP contribution in [0.25, 0.3) is 0 Å². The van der Waals surface area contributed by atoms with Gasteiger partial charge in [-0.2, -0.15) is 0 Å². The van der Waals surface area contributed by atoms with Gasteiger partial charge in [-0.3, -0.25) is 19.3 Å². The predicted octanol–water partition coefficient (Wildman–Crippen LogP) is 4.20. The number of amides is 3. The Hall–Kier alpha value is -3.39. The first-order chi connectivity index (χ1) is 14.9. The smallest absolute Gasteiger partial charge is 0.261 e. The summed E-state index contributed by atoms with van der Waals surface area (Å²) in [4.78, 5) is 43.4. The second kappa shape index (κ2) is 8.77. The summed E-state index contributed by atoms with van der Waals surface area (Å²) in [7, 11) is 0. The van der Waals surface area contributed by atoms with Gasteiger partial charge in [-0.1, -0.05) is 23.8 Å². The Labute approximate surface area is 182 Å². The van der Waals surface area contributed by atoms with Crippen molar-refractivity contribution in [2.24, 2.45) is 0 Å². The molecule has 0 saturated heterocycles. The van der Waals surface area contributed by atoms with Crippen LogP contribution >= 0.6 is 11.3 Å². The van der Waals surface area contributed by atoms with E-state index in [-0.39, 0.29) is 36.5 Å². The van der Waals surface area contributed by atoms with Crippen molar-refractivity contribution >= 4 is 34.2 Å². The summed E-state index contributed by atoms with van der Waals surface area (Å²) in [6, 6.07) is 11.5. The summed E-state index contributed by atoms with van der Waals surface area (Å²) in [5.41, 5.74) is 2.58. The number of benzene rings is 2. The van der Waals surface area contributed by atoms with Crippen molar-refractivity contribution < 1.29 is 18.8 Å². The third kappa shape index (κ3) is 4.69. The summed E-state index contributed by atoms with van der Waals surface area (Å²) in [5.74, 6) is -1.16. The molecule has 1 aliphatic rings. The van der Waals surface area contributed by atoms with Gasteiger partial charge in [0.2, 0.25) is 5.91 Å². The van der Waals surface area contributed by atoms with E-state index >= 15 is 0 Å². The standard InChI is InChI=1S/C23H20FN3O3S/c1-14-7-8-18-19(10-14)22(30)27(21(18)29)9-3-6-20(28)26-23-25-13-17(31-23)12-15-4-2-5-16(24)11-15/h2,4-5,7-8,10-11,13H,3,6,9,12H2,1H3,(H,25,26,28). The third-order valence-electron chi connectivity index (χ3n) is 4.98. The monoisotopic (exact) mass is 437 g/mol. The summed E-state index contributed by atoms with van der Waals surface area (Å²) >= 11 is 1.33. The number of fused-ring (bicyclic) bond motifs is 1. The largest absolute Gasteiger partial charge is 0.302 e. The molecule has 6 nitrogen and oxygen atoms in total. The Morgan fingerprint density at radius 3 is 2.74 bits per heavy atom. The van der Waals surface area contributed by atoms with E-state index in [2.05, 4.69) is 10.3 Å². The number of nitrogens with one attached hydrogen (secondary N) is 1. The molecule has 0 spiro atoms. The van der Waals surface area contributed by atoms with Crippen LogP contribution in [0.5, 0.6) is 0 Å². The zero-order valence-electron chi connectivity index (χ0n) is 16.9. The maximum atomic E-state index is 13.3. The molecular weight excluding hydrogens is 417 g/mol. The number of carbonyl (C=O) groups excluding carboxylic acids is 3. The molecule has 0 radical (unpaired) electrons. The first-order valence-electron chi connectivity index (χ1n) is 9.86. The highest BCUT2D eigenvalue weighted by Crippen LogP contribution is 2.25. The second-order valence-electron chi connectivity index (χ2n) is 7.40. The van der Waals surface area contributed by atoms with Gasteiger partial charge in [0.05, 0.1) is 11.1 Å². The van der Waals surface area contributed by atoms with E-state index < -0.39 is 0 Å². The summed E-state index contributed by atoms with van der Waals surface area (Å²) < 4.78 is 13.3. The summed E-state index contributed by atoms with van der Waals surface area (Å²) in [6.07, 6.45) is 2.71. The van der Waals surface area contributed by atoms with Gasteiger partial charge in [0.25, 0.3) is 11.8 Å². The average molecular weight is 437 g/mol. The van der Waals surface area contributed by atoms with Crippen LogP contribution in [-0.4, -0.2) is 34.2 Å². The molecule has 2 aromatic carbocycles. The number of nitrogens with zero attached hydrogens (tertiary/aromatic N) is 2. The van der Waals surface area contributed by atoms with Gasteiger partial charge < -0.3 is 5.32 Å². The highest BCUT2D eigenvalue weighted by molar-refractivity contribution is 7.15. The molecule has 1 aliphatic heterocycles. The fraction of sp³-hybridized carbons (Fsp3) is 0.217. The normalized spacial score (nSPS) is 12.9. The molecule has 0 unspecified atom stereocenters. The predicted molar refractivity (Wildman–Crippen MR) is 116 cm³/mol. The average Bonchev–Trinajstić information content (AvgIpc) is 3.25. The van der Waals surface area contributed by atoms with E-state index in [4.69, 9.17) is 0 Å². The second-order valence-corrected chi connectivity index (χ2v) is 8.52. The molecule has 31 heavy (non-hydrogen) atoms. The lowest BCUT2D eigenvalue weighted by atomic mass is 10.1. The van der Waals surface area contributed by atoms with E-state index in [0.717, 1.165) is 16.0 Å². The molecule has 0 aliphatic carbocycles. The van der Waals surface area contributed by atoms with Crippen LogP contribution in [0, 0.1) is 12.7 Å². The lowest BCUT2D eigenvalue weighted by Gasteiger charge is -2.13.